The SMILES string of the molecule is Cc1cc(C=O)c(C2(C(C)N)CC2)cc1C. The van der Waals surface area contributed by atoms with Crippen LogP contribution in [0.4, 0.5) is 0 Å². The van der Waals surface area contributed by atoms with E-state index in [0.717, 1.165) is 30.3 Å². The topological polar surface area (TPSA) is 43.1 Å². The number of carbonyl (C=O) groups excluding carboxylic acids is 1. The second-order valence-corrected chi connectivity index (χ2v) is 5.09. The van der Waals surface area contributed by atoms with Gasteiger partial charge in [-0.25, -0.2) is 0 Å². The average molecular weight is 217 g/mol. The zero-order valence-electron chi connectivity index (χ0n) is 10.2. The molecule has 0 bridgehead atoms. The molecule has 0 saturated heterocycles. The first-order valence-corrected chi connectivity index (χ1v) is 5.84. The van der Waals surface area contributed by atoms with Gasteiger partial charge in [0, 0.05) is 17.0 Å². The van der Waals surface area contributed by atoms with Crippen LogP contribution in [0.15, 0.2) is 12.1 Å². The van der Waals surface area contributed by atoms with Crippen LogP contribution in [0.3, 0.4) is 0 Å². The van der Waals surface area contributed by atoms with Gasteiger partial charge in [0.05, 0.1) is 0 Å². The van der Waals surface area contributed by atoms with Crippen molar-refractivity contribution < 1.29 is 4.79 Å². The molecule has 1 aliphatic carbocycles. The Kier molecular flexibility index (Phi) is 2.62. The lowest BCUT2D eigenvalue weighted by molar-refractivity contribution is 0.112. The molecule has 1 saturated carbocycles. The van der Waals surface area contributed by atoms with E-state index in [9.17, 15) is 4.79 Å². The molecule has 2 N–H and O–H groups in total. The summed E-state index contributed by atoms with van der Waals surface area (Å²) in [6, 6.07) is 4.25. The molecule has 1 aromatic carbocycles. The van der Waals surface area contributed by atoms with Crippen molar-refractivity contribution in [2.75, 3.05) is 0 Å². The van der Waals surface area contributed by atoms with Gasteiger partial charge >= 0.3 is 0 Å². The first kappa shape index (κ1) is 11.3. The van der Waals surface area contributed by atoms with E-state index in [0.29, 0.717) is 0 Å². The zero-order chi connectivity index (χ0) is 11.9. The summed E-state index contributed by atoms with van der Waals surface area (Å²) in [5.74, 6) is 0. The number of carbonyl (C=O) groups is 1. The molecule has 86 valence electrons. The largest absolute Gasteiger partial charge is 0.327 e. The van der Waals surface area contributed by atoms with Crippen LogP contribution in [-0.4, -0.2) is 12.3 Å². The van der Waals surface area contributed by atoms with Crippen molar-refractivity contribution >= 4 is 6.29 Å². The van der Waals surface area contributed by atoms with E-state index >= 15 is 0 Å². The highest BCUT2D eigenvalue weighted by Crippen LogP contribution is 2.51. The number of aldehydes is 1. The Morgan fingerprint density at radius 2 is 1.88 bits per heavy atom. The van der Waals surface area contributed by atoms with Gasteiger partial charge in [0.25, 0.3) is 0 Å². The standard InChI is InChI=1S/C14H19NO/c1-9-6-12(8-16)13(7-10(9)2)14(4-5-14)11(3)15/h6-8,11H,4-5,15H2,1-3H3. The van der Waals surface area contributed by atoms with Crippen molar-refractivity contribution in [3.05, 3.63) is 34.4 Å². The van der Waals surface area contributed by atoms with Gasteiger partial charge in [-0.3, -0.25) is 4.79 Å². The Morgan fingerprint density at radius 1 is 1.31 bits per heavy atom. The summed E-state index contributed by atoms with van der Waals surface area (Å²) in [5, 5.41) is 0. The summed E-state index contributed by atoms with van der Waals surface area (Å²) in [5.41, 5.74) is 10.5. The van der Waals surface area contributed by atoms with Gasteiger partial charge < -0.3 is 5.73 Å². The minimum atomic E-state index is 0.0642. The third kappa shape index (κ3) is 1.57. The molecule has 2 heteroatoms. The second-order valence-electron chi connectivity index (χ2n) is 5.09. The van der Waals surface area contributed by atoms with Crippen LogP contribution in [0.5, 0.6) is 0 Å². The van der Waals surface area contributed by atoms with Crippen LogP contribution in [0.25, 0.3) is 0 Å². The molecule has 16 heavy (non-hydrogen) atoms. The molecular weight excluding hydrogens is 198 g/mol. The smallest absolute Gasteiger partial charge is 0.150 e. The molecule has 0 aromatic heterocycles. The summed E-state index contributed by atoms with van der Waals surface area (Å²) < 4.78 is 0. The quantitative estimate of drug-likeness (QED) is 0.790. The normalized spacial score (nSPS) is 19.2. The van der Waals surface area contributed by atoms with E-state index in [2.05, 4.69) is 13.0 Å². The predicted molar refractivity (Wildman–Crippen MR) is 65.9 cm³/mol. The molecule has 1 atom stereocenters. The number of hydrogen-bond donors (Lipinski definition) is 1. The van der Waals surface area contributed by atoms with Gasteiger partial charge in [-0.2, -0.15) is 0 Å². The van der Waals surface area contributed by atoms with Crippen molar-refractivity contribution in [1.29, 1.82) is 0 Å². The molecular formula is C14H19NO. The van der Waals surface area contributed by atoms with Gasteiger partial charge in [0.15, 0.2) is 0 Å². The van der Waals surface area contributed by atoms with E-state index in [1.54, 1.807) is 0 Å². The predicted octanol–water partition coefficient (Wildman–Crippen LogP) is 2.49. The van der Waals surface area contributed by atoms with Crippen molar-refractivity contribution in [3.8, 4) is 0 Å². The molecule has 1 aliphatic rings. The van der Waals surface area contributed by atoms with E-state index < -0.39 is 0 Å². The van der Waals surface area contributed by atoms with Gasteiger partial charge in [0.2, 0.25) is 0 Å². The fourth-order valence-electron chi connectivity index (χ4n) is 2.47. The maximum atomic E-state index is 11.1. The number of nitrogens with two attached hydrogens (primary N) is 1. The Hall–Kier alpha value is -1.15. The van der Waals surface area contributed by atoms with Gasteiger partial charge in [-0.05, 0) is 56.4 Å². The minimum absolute atomic E-state index is 0.0642. The maximum absolute atomic E-state index is 11.1. The first-order chi connectivity index (χ1) is 7.51. The Bertz CT molecular complexity index is 431. The van der Waals surface area contributed by atoms with Crippen molar-refractivity contribution in [3.63, 3.8) is 0 Å². The van der Waals surface area contributed by atoms with Crippen LogP contribution in [-0.2, 0) is 5.41 Å². The first-order valence-electron chi connectivity index (χ1n) is 5.84. The fourth-order valence-corrected chi connectivity index (χ4v) is 2.47. The van der Waals surface area contributed by atoms with Gasteiger partial charge in [-0.15, -0.1) is 0 Å². The molecule has 2 nitrogen and oxygen atoms in total. The number of aryl methyl sites for hydroxylation is 2. The van der Waals surface area contributed by atoms with Gasteiger partial charge in [-0.1, -0.05) is 6.07 Å². The van der Waals surface area contributed by atoms with E-state index in [1.165, 1.54) is 11.1 Å². The van der Waals surface area contributed by atoms with Crippen LogP contribution < -0.4 is 5.73 Å². The monoisotopic (exact) mass is 217 g/mol. The highest BCUT2D eigenvalue weighted by molar-refractivity contribution is 5.79. The number of rotatable bonds is 3. The van der Waals surface area contributed by atoms with Crippen LogP contribution in [0.1, 0.15) is 46.8 Å². The zero-order valence-corrected chi connectivity index (χ0v) is 10.2. The molecule has 1 unspecified atom stereocenters. The van der Waals surface area contributed by atoms with Crippen molar-refractivity contribution in [2.45, 2.75) is 45.1 Å². The molecule has 0 amide bonds. The molecule has 0 heterocycles. The molecule has 0 spiro atoms. The molecule has 0 radical (unpaired) electrons. The van der Waals surface area contributed by atoms with Gasteiger partial charge in [0.1, 0.15) is 6.29 Å². The number of benzene rings is 1. The molecule has 0 aliphatic heterocycles. The molecule has 1 aromatic rings. The van der Waals surface area contributed by atoms with Crippen LogP contribution >= 0.6 is 0 Å². The Morgan fingerprint density at radius 3 is 2.31 bits per heavy atom. The van der Waals surface area contributed by atoms with E-state index in [1.807, 2.05) is 19.9 Å². The van der Waals surface area contributed by atoms with Crippen LogP contribution in [0.2, 0.25) is 0 Å². The summed E-state index contributed by atoms with van der Waals surface area (Å²) in [7, 11) is 0. The average Bonchev–Trinajstić information content (AvgIpc) is 3.02. The third-order valence-corrected chi connectivity index (χ3v) is 3.99. The van der Waals surface area contributed by atoms with Crippen molar-refractivity contribution in [1.82, 2.24) is 0 Å². The third-order valence-electron chi connectivity index (χ3n) is 3.99. The van der Waals surface area contributed by atoms with Crippen LogP contribution in [0, 0.1) is 13.8 Å². The maximum Gasteiger partial charge on any atom is 0.150 e. The summed E-state index contributed by atoms with van der Waals surface area (Å²) >= 11 is 0. The lowest BCUT2D eigenvalue weighted by Gasteiger charge is -2.23. The second kappa shape index (κ2) is 3.70. The summed E-state index contributed by atoms with van der Waals surface area (Å²) in [4.78, 5) is 11.1. The fraction of sp³-hybridized carbons (Fsp3) is 0.500. The Balaban J connectivity index is 2.56. The highest BCUT2D eigenvalue weighted by Gasteiger charge is 2.48. The molecule has 2 rings (SSSR count). The minimum Gasteiger partial charge on any atom is -0.327 e. The summed E-state index contributed by atoms with van der Waals surface area (Å²) in [6.07, 6.45) is 3.17. The Labute approximate surface area is 96.8 Å². The highest BCUT2D eigenvalue weighted by atomic mass is 16.1. The lowest BCUT2D eigenvalue weighted by Crippen LogP contribution is -2.32. The van der Waals surface area contributed by atoms with Crippen molar-refractivity contribution in [2.24, 2.45) is 5.73 Å². The lowest BCUT2D eigenvalue weighted by atomic mass is 9.84. The van der Waals surface area contributed by atoms with E-state index in [4.69, 9.17) is 5.73 Å². The number of hydrogen-bond acceptors (Lipinski definition) is 2. The summed E-state index contributed by atoms with van der Waals surface area (Å²) in [6.45, 7) is 6.17. The molecule has 1 fully saturated rings. The van der Waals surface area contributed by atoms with E-state index in [-0.39, 0.29) is 11.5 Å².